The zero-order valence-electron chi connectivity index (χ0n) is 9.84. The Morgan fingerprint density at radius 1 is 1.33 bits per heavy atom. The first-order chi connectivity index (χ1) is 8.70. The maximum absolute atomic E-state index is 11.4. The molecule has 0 spiro atoms. The van der Waals surface area contributed by atoms with E-state index in [1.807, 2.05) is 24.3 Å². The van der Waals surface area contributed by atoms with Gasteiger partial charge in [0, 0.05) is 5.39 Å². The molecular formula is C13H12N2O3. The van der Waals surface area contributed by atoms with Crippen molar-refractivity contribution in [3.05, 3.63) is 36.5 Å². The number of amides is 1. The number of benzene rings is 1. The first-order valence-electron chi connectivity index (χ1n) is 5.53. The molecule has 92 valence electrons. The minimum atomic E-state index is -0.898. The number of nitrogens with zero attached hydrogens (tertiary/aromatic N) is 1. The SMILES string of the molecule is CCOC(=O)C(=O)Nc1cnc2ccccc2c1. The van der Waals surface area contributed by atoms with Crippen LogP contribution in [0.2, 0.25) is 0 Å². The smallest absolute Gasteiger partial charge is 0.397 e. The largest absolute Gasteiger partial charge is 0.459 e. The molecular weight excluding hydrogens is 232 g/mol. The number of carbonyl (C=O) groups is 2. The lowest BCUT2D eigenvalue weighted by Crippen LogP contribution is -2.25. The quantitative estimate of drug-likeness (QED) is 0.645. The fourth-order valence-electron chi connectivity index (χ4n) is 1.52. The highest BCUT2D eigenvalue weighted by Crippen LogP contribution is 2.15. The van der Waals surface area contributed by atoms with E-state index >= 15 is 0 Å². The van der Waals surface area contributed by atoms with Crippen LogP contribution in [0.3, 0.4) is 0 Å². The number of rotatable bonds is 2. The molecule has 0 saturated heterocycles. The van der Waals surface area contributed by atoms with Crippen molar-refractivity contribution < 1.29 is 14.3 Å². The molecule has 0 bridgehead atoms. The Morgan fingerprint density at radius 2 is 2.11 bits per heavy atom. The maximum Gasteiger partial charge on any atom is 0.397 e. The van der Waals surface area contributed by atoms with Gasteiger partial charge >= 0.3 is 11.9 Å². The highest BCUT2D eigenvalue weighted by Gasteiger charge is 2.14. The number of hydrogen-bond acceptors (Lipinski definition) is 4. The number of pyridine rings is 1. The van der Waals surface area contributed by atoms with Gasteiger partial charge in [0.2, 0.25) is 0 Å². The van der Waals surface area contributed by atoms with Gasteiger partial charge in [-0.2, -0.15) is 0 Å². The summed E-state index contributed by atoms with van der Waals surface area (Å²) < 4.78 is 4.59. The van der Waals surface area contributed by atoms with E-state index < -0.39 is 11.9 Å². The molecule has 2 aromatic rings. The second-order valence-corrected chi connectivity index (χ2v) is 3.59. The molecule has 0 radical (unpaired) electrons. The second-order valence-electron chi connectivity index (χ2n) is 3.59. The number of hydrogen-bond donors (Lipinski definition) is 1. The minimum Gasteiger partial charge on any atom is -0.459 e. The molecule has 1 aromatic carbocycles. The minimum absolute atomic E-state index is 0.169. The van der Waals surface area contributed by atoms with Crippen molar-refractivity contribution in [1.29, 1.82) is 0 Å². The van der Waals surface area contributed by atoms with Crippen LogP contribution in [0.25, 0.3) is 10.9 Å². The van der Waals surface area contributed by atoms with Crippen LogP contribution in [0.4, 0.5) is 5.69 Å². The number of para-hydroxylation sites is 1. The Morgan fingerprint density at radius 3 is 2.89 bits per heavy atom. The van der Waals surface area contributed by atoms with Crippen molar-refractivity contribution in [2.24, 2.45) is 0 Å². The van der Waals surface area contributed by atoms with Gasteiger partial charge in [-0.1, -0.05) is 18.2 Å². The fraction of sp³-hybridized carbons (Fsp3) is 0.154. The molecule has 0 atom stereocenters. The molecule has 0 aliphatic carbocycles. The number of ether oxygens (including phenoxy) is 1. The summed E-state index contributed by atoms with van der Waals surface area (Å²) in [5.41, 5.74) is 1.29. The third-order valence-corrected chi connectivity index (χ3v) is 2.31. The Hall–Kier alpha value is -2.43. The van der Waals surface area contributed by atoms with Gasteiger partial charge in [0.25, 0.3) is 0 Å². The van der Waals surface area contributed by atoms with Crippen molar-refractivity contribution >= 4 is 28.5 Å². The average molecular weight is 244 g/mol. The summed E-state index contributed by atoms with van der Waals surface area (Å²) in [6.45, 7) is 1.81. The van der Waals surface area contributed by atoms with Crippen LogP contribution in [0, 0.1) is 0 Å². The van der Waals surface area contributed by atoms with E-state index in [1.54, 1.807) is 13.0 Å². The van der Waals surface area contributed by atoms with Crippen LogP contribution in [-0.4, -0.2) is 23.5 Å². The Labute approximate surface area is 104 Å². The average Bonchev–Trinajstić information content (AvgIpc) is 2.39. The summed E-state index contributed by atoms with van der Waals surface area (Å²) in [5, 5.41) is 3.33. The van der Waals surface area contributed by atoms with Gasteiger partial charge in [-0.05, 0) is 19.1 Å². The molecule has 18 heavy (non-hydrogen) atoms. The lowest BCUT2D eigenvalue weighted by molar-refractivity contribution is -0.152. The number of nitrogens with one attached hydrogen (secondary N) is 1. The van der Waals surface area contributed by atoms with Gasteiger partial charge in [-0.15, -0.1) is 0 Å². The van der Waals surface area contributed by atoms with Crippen molar-refractivity contribution in [3.63, 3.8) is 0 Å². The first kappa shape index (κ1) is 12.0. The van der Waals surface area contributed by atoms with Crippen molar-refractivity contribution in [3.8, 4) is 0 Å². The van der Waals surface area contributed by atoms with Gasteiger partial charge in [0.05, 0.1) is 24.0 Å². The third-order valence-electron chi connectivity index (χ3n) is 2.31. The number of aromatic nitrogens is 1. The highest BCUT2D eigenvalue weighted by atomic mass is 16.5. The highest BCUT2D eigenvalue weighted by molar-refractivity contribution is 6.37. The van der Waals surface area contributed by atoms with E-state index in [0.717, 1.165) is 10.9 Å². The normalized spacial score (nSPS) is 10.1. The standard InChI is InChI=1S/C13H12N2O3/c1-2-18-13(17)12(16)15-10-7-9-5-3-4-6-11(9)14-8-10/h3-8H,2H2,1H3,(H,15,16). The fourth-order valence-corrected chi connectivity index (χ4v) is 1.52. The van der Waals surface area contributed by atoms with E-state index in [2.05, 4.69) is 15.0 Å². The maximum atomic E-state index is 11.4. The second kappa shape index (κ2) is 5.27. The molecule has 1 amide bonds. The molecule has 0 saturated carbocycles. The summed E-state index contributed by atoms with van der Waals surface area (Å²) in [4.78, 5) is 26.8. The van der Waals surface area contributed by atoms with E-state index in [9.17, 15) is 9.59 Å². The lowest BCUT2D eigenvalue weighted by Gasteiger charge is -2.05. The third kappa shape index (κ3) is 2.63. The first-order valence-corrected chi connectivity index (χ1v) is 5.53. The number of esters is 1. The van der Waals surface area contributed by atoms with Gasteiger partial charge in [0.1, 0.15) is 0 Å². The molecule has 0 aliphatic rings. The molecule has 5 heteroatoms. The Bertz CT molecular complexity index is 596. The van der Waals surface area contributed by atoms with Gasteiger partial charge in [-0.3, -0.25) is 9.78 Å². The Kier molecular flexibility index (Phi) is 3.52. The van der Waals surface area contributed by atoms with Crippen LogP contribution >= 0.6 is 0 Å². The molecule has 1 N–H and O–H groups in total. The topological polar surface area (TPSA) is 68.3 Å². The van der Waals surface area contributed by atoms with Crippen LogP contribution in [0.15, 0.2) is 36.5 Å². The summed E-state index contributed by atoms with van der Waals surface area (Å²) in [7, 11) is 0. The lowest BCUT2D eigenvalue weighted by atomic mass is 10.2. The molecule has 5 nitrogen and oxygen atoms in total. The molecule has 0 fully saturated rings. The van der Waals surface area contributed by atoms with E-state index in [1.165, 1.54) is 6.20 Å². The number of fused-ring (bicyclic) bond motifs is 1. The van der Waals surface area contributed by atoms with Gasteiger partial charge in [0.15, 0.2) is 0 Å². The zero-order valence-corrected chi connectivity index (χ0v) is 9.84. The number of anilines is 1. The van der Waals surface area contributed by atoms with Crippen LogP contribution in [0.5, 0.6) is 0 Å². The molecule has 0 unspecified atom stereocenters. The Balaban J connectivity index is 2.17. The summed E-state index contributed by atoms with van der Waals surface area (Å²) in [6, 6.07) is 9.25. The molecule has 0 aliphatic heterocycles. The van der Waals surface area contributed by atoms with Crippen molar-refractivity contribution in [2.75, 3.05) is 11.9 Å². The predicted octanol–water partition coefficient (Wildman–Crippen LogP) is 1.74. The van der Waals surface area contributed by atoms with Crippen molar-refractivity contribution in [2.45, 2.75) is 6.92 Å². The monoisotopic (exact) mass is 244 g/mol. The van der Waals surface area contributed by atoms with Gasteiger partial charge in [-0.25, -0.2) is 4.79 Å². The van der Waals surface area contributed by atoms with Crippen LogP contribution in [-0.2, 0) is 14.3 Å². The molecule has 1 heterocycles. The summed E-state index contributed by atoms with van der Waals surface area (Å²) in [5.74, 6) is -1.69. The zero-order chi connectivity index (χ0) is 13.0. The predicted molar refractivity (Wildman–Crippen MR) is 67.0 cm³/mol. The number of carbonyl (C=O) groups excluding carboxylic acids is 2. The van der Waals surface area contributed by atoms with E-state index in [0.29, 0.717) is 5.69 Å². The van der Waals surface area contributed by atoms with Crippen LogP contribution < -0.4 is 5.32 Å². The van der Waals surface area contributed by atoms with Crippen LogP contribution in [0.1, 0.15) is 6.92 Å². The summed E-state index contributed by atoms with van der Waals surface area (Å²) >= 11 is 0. The van der Waals surface area contributed by atoms with Gasteiger partial charge < -0.3 is 10.1 Å². The molecule has 1 aromatic heterocycles. The molecule has 2 rings (SSSR count). The van der Waals surface area contributed by atoms with Crippen molar-refractivity contribution in [1.82, 2.24) is 4.98 Å². The van der Waals surface area contributed by atoms with E-state index in [-0.39, 0.29) is 6.61 Å². The van der Waals surface area contributed by atoms with E-state index in [4.69, 9.17) is 0 Å². The summed E-state index contributed by atoms with van der Waals surface area (Å²) in [6.07, 6.45) is 1.50.